The summed E-state index contributed by atoms with van der Waals surface area (Å²) in [7, 11) is -9.67. The fourth-order valence-electron chi connectivity index (χ4n) is 1.03. The molecule has 0 fully saturated rings. The average molecular weight is 341 g/mol. The van der Waals surface area contributed by atoms with Gasteiger partial charge >= 0.3 is 15.6 Å². The Labute approximate surface area is 113 Å². The third kappa shape index (κ3) is 9.08. The van der Waals surface area contributed by atoms with Gasteiger partial charge in [0.1, 0.15) is 12.2 Å². The van der Waals surface area contributed by atoms with Gasteiger partial charge in [-0.3, -0.25) is 9.05 Å². The predicted molar refractivity (Wildman–Crippen MR) is 62.0 cm³/mol. The van der Waals surface area contributed by atoms with Crippen molar-refractivity contribution in [3.63, 3.8) is 0 Å². The van der Waals surface area contributed by atoms with Gasteiger partial charge in [-0.1, -0.05) is 0 Å². The summed E-state index contributed by atoms with van der Waals surface area (Å²) in [6.45, 7) is -1.82. The van der Waals surface area contributed by atoms with Crippen molar-refractivity contribution in [1.82, 2.24) is 0 Å². The van der Waals surface area contributed by atoms with Crippen LogP contribution < -0.4 is 5.73 Å². The largest absolute Gasteiger partial charge is 0.469 e. The van der Waals surface area contributed by atoms with Gasteiger partial charge in [0.05, 0.1) is 25.4 Å². The highest BCUT2D eigenvalue weighted by Crippen LogP contribution is 2.36. The molecule has 0 rings (SSSR count). The first-order valence-electron chi connectivity index (χ1n) is 5.03. The Morgan fingerprint density at radius 3 is 1.65 bits per heavy atom. The first kappa shape index (κ1) is 20.1. The molecule has 20 heavy (non-hydrogen) atoms. The number of phosphoric acid groups is 2. The molecule has 9 N–H and O–H groups in total. The molecule has 0 spiro atoms. The maximum absolute atomic E-state index is 10.4. The Morgan fingerprint density at radius 1 is 0.850 bits per heavy atom. The Kier molecular flexibility index (Phi) is 7.92. The fourth-order valence-corrected chi connectivity index (χ4v) is 1.75. The van der Waals surface area contributed by atoms with Gasteiger partial charge in [-0.05, 0) is 0 Å². The smallest absolute Gasteiger partial charge is 0.389 e. The van der Waals surface area contributed by atoms with Crippen LogP contribution in [0.25, 0.3) is 0 Å². The molecule has 0 aromatic rings. The summed E-state index contributed by atoms with van der Waals surface area (Å²) in [5.74, 6) is 0. The Hall–Kier alpha value is 0.0600. The number of aliphatic hydroxyl groups excluding tert-OH is 3. The van der Waals surface area contributed by atoms with E-state index in [0.29, 0.717) is 0 Å². The summed E-state index contributed by atoms with van der Waals surface area (Å²) >= 11 is 0. The summed E-state index contributed by atoms with van der Waals surface area (Å²) in [6.07, 6.45) is -5.74. The summed E-state index contributed by atoms with van der Waals surface area (Å²) in [4.78, 5) is 33.6. The van der Waals surface area contributed by atoms with Crippen LogP contribution in [-0.4, -0.2) is 72.5 Å². The van der Waals surface area contributed by atoms with Crippen molar-refractivity contribution in [2.45, 2.75) is 24.4 Å². The maximum Gasteiger partial charge on any atom is 0.469 e. The number of nitrogens with two attached hydrogens (primary N) is 1. The van der Waals surface area contributed by atoms with E-state index < -0.39 is 53.2 Å². The Morgan fingerprint density at radius 2 is 1.25 bits per heavy atom. The second-order valence-corrected chi connectivity index (χ2v) is 6.26. The van der Waals surface area contributed by atoms with Crippen LogP contribution in [0.15, 0.2) is 0 Å². The first-order valence-corrected chi connectivity index (χ1v) is 8.09. The fraction of sp³-hybridized carbons (Fsp3) is 1.00. The molecule has 122 valence electrons. The second kappa shape index (κ2) is 7.90. The lowest BCUT2D eigenvalue weighted by Crippen LogP contribution is -2.51. The number of aliphatic hydroxyl groups is 3. The summed E-state index contributed by atoms with van der Waals surface area (Å²) < 4.78 is 28.6. The number of rotatable bonds is 9. The van der Waals surface area contributed by atoms with Gasteiger partial charge in [0.25, 0.3) is 0 Å². The number of hydrogen-bond donors (Lipinski definition) is 8. The van der Waals surface area contributed by atoms with Crippen LogP contribution in [0, 0.1) is 0 Å². The zero-order valence-electron chi connectivity index (χ0n) is 9.96. The molecule has 0 saturated heterocycles. The summed E-state index contributed by atoms with van der Waals surface area (Å²) in [5.41, 5.74) is 5.26. The molecule has 14 heteroatoms. The second-order valence-electron chi connectivity index (χ2n) is 3.79. The van der Waals surface area contributed by atoms with Crippen molar-refractivity contribution in [2.75, 3.05) is 13.2 Å². The lowest BCUT2D eigenvalue weighted by molar-refractivity contribution is -0.0860. The zero-order chi connectivity index (χ0) is 16.1. The van der Waals surface area contributed by atoms with Gasteiger partial charge in [-0.15, -0.1) is 0 Å². The van der Waals surface area contributed by atoms with E-state index in [4.69, 9.17) is 25.3 Å². The van der Waals surface area contributed by atoms with Gasteiger partial charge in [-0.2, -0.15) is 0 Å². The molecule has 0 aromatic heterocycles. The van der Waals surface area contributed by atoms with Gasteiger partial charge in [-0.25, -0.2) is 9.13 Å². The van der Waals surface area contributed by atoms with Crippen LogP contribution in [0.4, 0.5) is 0 Å². The van der Waals surface area contributed by atoms with Gasteiger partial charge in [0, 0.05) is 0 Å². The van der Waals surface area contributed by atoms with Crippen molar-refractivity contribution in [2.24, 2.45) is 5.73 Å². The maximum atomic E-state index is 10.4. The molecule has 0 heterocycles. The van der Waals surface area contributed by atoms with Crippen molar-refractivity contribution in [3.8, 4) is 0 Å². The molecule has 0 radical (unpaired) electrons. The highest BCUT2D eigenvalue weighted by molar-refractivity contribution is 7.46. The van der Waals surface area contributed by atoms with E-state index in [1.165, 1.54) is 0 Å². The standard InChI is InChI=1S/C6H17NO11P2/c7-3(1-17-19(11,12)13)5(9)6(10)4(8)2-18-20(14,15)16/h3-6,8-10H,1-2,7H2,(H2,11,12,13)(H2,14,15,16)/t3?,4-,5-,6-/m1/s1. The molecule has 0 bridgehead atoms. The van der Waals surface area contributed by atoms with E-state index in [2.05, 4.69) is 9.05 Å². The van der Waals surface area contributed by atoms with E-state index in [9.17, 15) is 24.4 Å². The predicted octanol–water partition coefficient (Wildman–Crippen LogP) is -3.38. The Bertz CT molecular complexity index is 343. The quantitative estimate of drug-likeness (QED) is 0.192. The van der Waals surface area contributed by atoms with Gasteiger partial charge in [0.15, 0.2) is 0 Å². The van der Waals surface area contributed by atoms with E-state index in [-0.39, 0.29) is 0 Å². The van der Waals surface area contributed by atoms with Crippen LogP contribution in [0.3, 0.4) is 0 Å². The normalized spacial score (nSPS) is 19.4. The minimum atomic E-state index is -4.86. The van der Waals surface area contributed by atoms with Crippen LogP contribution in [0.2, 0.25) is 0 Å². The highest BCUT2D eigenvalue weighted by Gasteiger charge is 2.32. The highest BCUT2D eigenvalue weighted by atomic mass is 31.2. The third-order valence-corrected chi connectivity index (χ3v) is 3.00. The Balaban J connectivity index is 4.34. The van der Waals surface area contributed by atoms with Gasteiger partial charge in [0.2, 0.25) is 0 Å². The molecule has 1 unspecified atom stereocenters. The summed E-state index contributed by atoms with van der Waals surface area (Å²) in [5, 5.41) is 28.2. The minimum Gasteiger partial charge on any atom is -0.389 e. The molecule has 0 aromatic carbocycles. The van der Waals surface area contributed by atoms with Gasteiger partial charge < -0.3 is 40.6 Å². The van der Waals surface area contributed by atoms with E-state index in [1.807, 2.05) is 0 Å². The van der Waals surface area contributed by atoms with Crippen LogP contribution in [0.1, 0.15) is 0 Å². The lowest BCUT2D eigenvalue weighted by atomic mass is 10.0. The molecule has 12 nitrogen and oxygen atoms in total. The molecule has 0 saturated carbocycles. The van der Waals surface area contributed by atoms with Crippen LogP contribution >= 0.6 is 15.6 Å². The SMILES string of the molecule is NC(COP(=O)(O)O)[C@@H](O)[C@H](O)[C@H](O)COP(=O)(O)O. The van der Waals surface area contributed by atoms with Crippen LogP contribution in [-0.2, 0) is 18.2 Å². The molecule has 0 aliphatic carbocycles. The molecular formula is C6H17NO11P2. The monoisotopic (exact) mass is 341 g/mol. The van der Waals surface area contributed by atoms with Crippen molar-refractivity contribution >= 4 is 15.6 Å². The lowest BCUT2D eigenvalue weighted by Gasteiger charge is -2.27. The zero-order valence-corrected chi connectivity index (χ0v) is 11.7. The van der Waals surface area contributed by atoms with Crippen molar-refractivity contribution in [3.05, 3.63) is 0 Å². The first-order chi connectivity index (χ1) is 8.83. The third-order valence-electron chi connectivity index (χ3n) is 2.03. The van der Waals surface area contributed by atoms with E-state index >= 15 is 0 Å². The minimum absolute atomic E-state index is 0.825. The van der Waals surface area contributed by atoms with E-state index in [0.717, 1.165) is 0 Å². The van der Waals surface area contributed by atoms with Crippen molar-refractivity contribution < 1.29 is 53.1 Å². The molecular weight excluding hydrogens is 324 g/mol. The van der Waals surface area contributed by atoms with Crippen LogP contribution in [0.5, 0.6) is 0 Å². The molecule has 4 atom stereocenters. The molecule has 0 aliphatic rings. The number of phosphoric ester groups is 2. The topological polar surface area (TPSA) is 220 Å². The van der Waals surface area contributed by atoms with Crippen molar-refractivity contribution in [1.29, 1.82) is 0 Å². The number of hydrogen-bond acceptors (Lipinski definition) is 8. The molecule has 0 aliphatic heterocycles. The van der Waals surface area contributed by atoms with E-state index in [1.54, 1.807) is 0 Å². The molecule has 0 amide bonds. The average Bonchev–Trinajstić information content (AvgIpc) is 2.29. The summed E-state index contributed by atoms with van der Waals surface area (Å²) in [6, 6.07) is -1.47.